The second-order valence-corrected chi connectivity index (χ2v) is 6.73. The summed E-state index contributed by atoms with van der Waals surface area (Å²) in [6.45, 7) is 0.777. The number of hydrogen-bond donors (Lipinski definition) is 1. The zero-order valence-electron chi connectivity index (χ0n) is 12.6. The molecule has 1 N–H and O–H groups in total. The maximum Gasteiger partial charge on any atom is 0.322 e. The average molecular weight is 323 g/mol. The van der Waals surface area contributed by atoms with Crippen molar-refractivity contribution in [3.05, 3.63) is 59.6 Å². The first-order valence-corrected chi connectivity index (χ1v) is 8.61. The first-order chi connectivity index (χ1) is 11.3. The van der Waals surface area contributed by atoms with Gasteiger partial charge in [-0.3, -0.25) is 0 Å². The molecule has 1 aliphatic rings. The van der Waals surface area contributed by atoms with Crippen LogP contribution in [0.3, 0.4) is 0 Å². The lowest BCUT2D eigenvalue weighted by molar-refractivity contribution is 0.207. The van der Waals surface area contributed by atoms with Gasteiger partial charge in [0, 0.05) is 12.2 Å². The third-order valence-electron chi connectivity index (χ3n) is 4.13. The lowest BCUT2D eigenvalue weighted by Gasteiger charge is -2.23. The van der Waals surface area contributed by atoms with Crippen molar-refractivity contribution in [2.24, 2.45) is 0 Å². The summed E-state index contributed by atoms with van der Waals surface area (Å²) < 4.78 is 1.18. The zero-order chi connectivity index (χ0) is 15.6. The number of hydrogen-bond acceptors (Lipinski definition) is 3. The highest BCUT2D eigenvalue weighted by Gasteiger charge is 2.32. The smallest absolute Gasteiger partial charge is 0.315 e. The van der Waals surface area contributed by atoms with Crippen molar-refractivity contribution in [2.75, 3.05) is 11.9 Å². The topological polar surface area (TPSA) is 45.2 Å². The summed E-state index contributed by atoms with van der Waals surface area (Å²) in [5.74, 6) is 0. The fraction of sp³-hybridized carbons (Fsp3) is 0.222. The Labute approximate surface area is 138 Å². The molecule has 116 valence electrons. The molecule has 4 rings (SSSR count). The molecule has 1 aromatic heterocycles. The molecule has 1 unspecified atom stereocenters. The molecule has 4 nitrogen and oxygen atoms in total. The summed E-state index contributed by atoms with van der Waals surface area (Å²) in [4.78, 5) is 19.2. The summed E-state index contributed by atoms with van der Waals surface area (Å²) in [5.41, 5.74) is 1.84. The number of urea groups is 1. The Hall–Kier alpha value is -2.40. The molecule has 1 atom stereocenters. The summed E-state index contributed by atoms with van der Waals surface area (Å²) >= 11 is 1.69. The van der Waals surface area contributed by atoms with Crippen LogP contribution < -0.4 is 5.32 Å². The standard InChI is InChI=1S/C18H17N3OS/c22-18(19-13-7-2-1-3-8-13)21-12-6-10-15(21)17-20-14-9-4-5-11-16(14)23-17/h1-5,7-9,11,15H,6,10,12H2,(H,19,22). The molecular weight excluding hydrogens is 306 g/mol. The highest BCUT2D eigenvalue weighted by Crippen LogP contribution is 2.36. The molecule has 2 heterocycles. The van der Waals surface area contributed by atoms with E-state index in [9.17, 15) is 4.79 Å². The molecule has 0 radical (unpaired) electrons. The Morgan fingerprint density at radius 2 is 1.91 bits per heavy atom. The van der Waals surface area contributed by atoms with Crippen LogP contribution in [0, 0.1) is 0 Å². The number of fused-ring (bicyclic) bond motifs is 1. The van der Waals surface area contributed by atoms with Crippen molar-refractivity contribution in [1.29, 1.82) is 0 Å². The highest BCUT2D eigenvalue weighted by atomic mass is 32.1. The molecule has 1 fully saturated rings. The first kappa shape index (κ1) is 14.2. The number of likely N-dealkylation sites (tertiary alicyclic amines) is 1. The van der Waals surface area contributed by atoms with Crippen LogP contribution in [-0.4, -0.2) is 22.5 Å². The molecule has 1 aliphatic heterocycles. The lowest BCUT2D eigenvalue weighted by atomic mass is 10.2. The predicted molar refractivity (Wildman–Crippen MR) is 93.8 cm³/mol. The number of anilines is 1. The molecule has 2 amide bonds. The van der Waals surface area contributed by atoms with Crippen molar-refractivity contribution >= 4 is 33.3 Å². The normalized spacial score (nSPS) is 17.6. The molecule has 0 aliphatic carbocycles. The second kappa shape index (κ2) is 6.01. The van der Waals surface area contributed by atoms with Gasteiger partial charge in [0.05, 0.1) is 16.3 Å². The molecule has 5 heteroatoms. The lowest BCUT2D eigenvalue weighted by Crippen LogP contribution is -2.34. The van der Waals surface area contributed by atoms with E-state index in [1.54, 1.807) is 11.3 Å². The van der Waals surface area contributed by atoms with Gasteiger partial charge in [-0.25, -0.2) is 9.78 Å². The second-order valence-electron chi connectivity index (χ2n) is 5.67. The molecular formula is C18H17N3OS. The Morgan fingerprint density at radius 3 is 2.74 bits per heavy atom. The number of para-hydroxylation sites is 2. The molecule has 0 spiro atoms. The third-order valence-corrected chi connectivity index (χ3v) is 5.27. The van der Waals surface area contributed by atoms with Crippen LogP contribution in [0.25, 0.3) is 10.2 Å². The van der Waals surface area contributed by atoms with Gasteiger partial charge >= 0.3 is 6.03 Å². The maximum atomic E-state index is 12.6. The van der Waals surface area contributed by atoms with E-state index in [1.165, 1.54) is 4.70 Å². The number of nitrogens with zero attached hydrogens (tertiary/aromatic N) is 2. The Balaban J connectivity index is 1.57. The van der Waals surface area contributed by atoms with Crippen LogP contribution in [0.5, 0.6) is 0 Å². The third kappa shape index (κ3) is 2.80. The fourth-order valence-electron chi connectivity index (χ4n) is 3.02. The van der Waals surface area contributed by atoms with Gasteiger partial charge in [0.2, 0.25) is 0 Å². The van der Waals surface area contributed by atoms with E-state index in [0.29, 0.717) is 0 Å². The van der Waals surface area contributed by atoms with Crippen LogP contribution in [0.2, 0.25) is 0 Å². The van der Waals surface area contributed by atoms with Crippen molar-refractivity contribution < 1.29 is 4.79 Å². The minimum absolute atomic E-state index is 0.0436. The summed E-state index contributed by atoms with van der Waals surface area (Å²) in [6, 6.07) is 17.8. The quantitative estimate of drug-likeness (QED) is 0.745. The van der Waals surface area contributed by atoms with Crippen LogP contribution >= 0.6 is 11.3 Å². The SMILES string of the molecule is O=C(Nc1ccccc1)N1CCCC1c1nc2ccccc2s1. The van der Waals surface area contributed by atoms with Gasteiger partial charge in [-0.2, -0.15) is 0 Å². The van der Waals surface area contributed by atoms with E-state index >= 15 is 0 Å². The van der Waals surface area contributed by atoms with Crippen molar-refractivity contribution in [3.63, 3.8) is 0 Å². The summed E-state index contributed by atoms with van der Waals surface area (Å²) in [6.07, 6.45) is 1.99. The van der Waals surface area contributed by atoms with Gasteiger partial charge < -0.3 is 10.2 Å². The zero-order valence-corrected chi connectivity index (χ0v) is 13.4. The molecule has 1 saturated heterocycles. The minimum Gasteiger partial charge on any atom is -0.315 e. The van der Waals surface area contributed by atoms with E-state index in [1.807, 2.05) is 53.4 Å². The largest absolute Gasteiger partial charge is 0.322 e. The monoisotopic (exact) mass is 323 g/mol. The minimum atomic E-state index is -0.0436. The number of benzene rings is 2. The molecule has 23 heavy (non-hydrogen) atoms. The van der Waals surface area contributed by atoms with E-state index in [2.05, 4.69) is 11.4 Å². The number of amides is 2. The van der Waals surface area contributed by atoms with Crippen LogP contribution in [0.15, 0.2) is 54.6 Å². The van der Waals surface area contributed by atoms with Gasteiger partial charge in [0.15, 0.2) is 0 Å². The fourth-order valence-corrected chi connectivity index (χ4v) is 4.13. The Bertz CT molecular complexity index is 797. The Kier molecular flexibility index (Phi) is 3.71. The molecule has 2 aromatic carbocycles. The maximum absolute atomic E-state index is 12.6. The van der Waals surface area contributed by atoms with Crippen molar-refractivity contribution in [1.82, 2.24) is 9.88 Å². The van der Waals surface area contributed by atoms with E-state index < -0.39 is 0 Å². The molecule has 3 aromatic rings. The van der Waals surface area contributed by atoms with E-state index in [-0.39, 0.29) is 12.1 Å². The summed E-state index contributed by atoms with van der Waals surface area (Å²) in [5, 5.41) is 4.02. The van der Waals surface area contributed by atoms with Gasteiger partial charge in [-0.05, 0) is 37.1 Å². The highest BCUT2D eigenvalue weighted by molar-refractivity contribution is 7.18. The summed E-state index contributed by atoms with van der Waals surface area (Å²) in [7, 11) is 0. The van der Waals surface area contributed by atoms with Gasteiger partial charge in [0.25, 0.3) is 0 Å². The molecule has 0 saturated carbocycles. The van der Waals surface area contributed by atoms with E-state index in [0.717, 1.165) is 35.6 Å². The number of carbonyl (C=O) groups is 1. The van der Waals surface area contributed by atoms with Crippen LogP contribution in [-0.2, 0) is 0 Å². The number of aromatic nitrogens is 1. The van der Waals surface area contributed by atoms with Crippen molar-refractivity contribution in [3.8, 4) is 0 Å². The van der Waals surface area contributed by atoms with Gasteiger partial charge in [-0.1, -0.05) is 30.3 Å². The van der Waals surface area contributed by atoms with Gasteiger partial charge in [0.1, 0.15) is 5.01 Å². The van der Waals surface area contributed by atoms with Crippen LogP contribution in [0.4, 0.5) is 10.5 Å². The number of thiazole rings is 1. The number of nitrogens with one attached hydrogen (secondary N) is 1. The first-order valence-electron chi connectivity index (χ1n) is 7.79. The van der Waals surface area contributed by atoms with Gasteiger partial charge in [-0.15, -0.1) is 11.3 Å². The number of carbonyl (C=O) groups excluding carboxylic acids is 1. The van der Waals surface area contributed by atoms with E-state index in [4.69, 9.17) is 4.98 Å². The molecule has 0 bridgehead atoms. The van der Waals surface area contributed by atoms with Crippen LogP contribution in [0.1, 0.15) is 23.9 Å². The Morgan fingerprint density at radius 1 is 1.13 bits per heavy atom. The predicted octanol–water partition coefficient (Wildman–Crippen LogP) is 4.67. The number of rotatable bonds is 2. The van der Waals surface area contributed by atoms with Crippen molar-refractivity contribution in [2.45, 2.75) is 18.9 Å². The average Bonchev–Trinajstić information content (AvgIpc) is 3.22.